The van der Waals surface area contributed by atoms with Crippen molar-refractivity contribution in [3.63, 3.8) is 0 Å². The summed E-state index contributed by atoms with van der Waals surface area (Å²) < 4.78 is 0. The number of halogens is 2. The average molecular weight is 265 g/mol. The summed E-state index contributed by atoms with van der Waals surface area (Å²) in [6.07, 6.45) is -1.71. The number of aliphatic hydroxyl groups excluding tert-OH is 3. The maximum atomic E-state index is 9.86. The molecule has 0 aliphatic rings. The maximum Gasteiger partial charge on any atom is 0.105 e. The highest BCUT2D eigenvalue weighted by molar-refractivity contribution is 6.30. The van der Waals surface area contributed by atoms with E-state index in [0.29, 0.717) is 16.1 Å². The van der Waals surface area contributed by atoms with Crippen molar-refractivity contribution in [2.45, 2.75) is 25.2 Å². The molecule has 1 rings (SSSR count). The van der Waals surface area contributed by atoms with Crippen LogP contribution in [0.3, 0.4) is 0 Å². The van der Waals surface area contributed by atoms with Crippen LogP contribution >= 0.6 is 23.2 Å². The number of benzene rings is 1. The van der Waals surface area contributed by atoms with Gasteiger partial charge in [0.25, 0.3) is 0 Å². The monoisotopic (exact) mass is 264 g/mol. The van der Waals surface area contributed by atoms with Gasteiger partial charge in [0.2, 0.25) is 0 Å². The summed E-state index contributed by atoms with van der Waals surface area (Å²) >= 11 is 11.2. The molecule has 0 bridgehead atoms. The maximum absolute atomic E-state index is 9.86. The van der Waals surface area contributed by atoms with Gasteiger partial charge in [-0.2, -0.15) is 0 Å². The Bertz CT molecular complexity index is 344. The predicted molar refractivity (Wildman–Crippen MR) is 63.7 cm³/mol. The molecule has 2 atom stereocenters. The van der Waals surface area contributed by atoms with E-state index < -0.39 is 12.2 Å². The molecule has 0 heterocycles. The number of hydrogen-bond acceptors (Lipinski definition) is 3. The smallest absolute Gasteiger partial charge is 0.105 e. The summed E-state index contributed by atoms with van der Waals surface area (Å²) in [5.74, 6) is 0.264. The molecule has 0 aromatic heterocycles. The molecule has 0 saturated carbocycles. The van der Waals surface area contributed by atoms with Crippen molar-refractivity contribution in [1.29, 1.82) is 0 Å². The first kappa shape index (κ1) is 13.7. The van der Waals surface area contributed by atoms with Gasteiger partial charge in [0.05, 0.1) is 12.7 Å². The summed E-state index contributed by atoms with van der Waals surface area (Å²) in [6, 6.07) is 4.76. The van der Waals surface area contributed by atoms with Crippen molar-refractivity contribution >= 4 is 23.2 Å². The van der Waals surface area contributed by atoms with Crippen LogP contribution in [0.15, 0.2) is 18.2 Å². The van der Waals surface area contributed by atoms with Gasteiger partial charge in [0.1, 0.15) is 6.10 Å². The summed E-state index contributed by atoms with van der Waals surface area (Å²) in [6.45, 7) is -0.236. The third-order valence-electron chi connectivity index (χ3n) is 2.36. The van der Waals surface area contributed by atoms with Crippen molar-refractivity contribution in [1.82, 2.24) is 0 Å². The highest BCUT2D eigenvalue weighted by Crippen LogP contribution is 2.25. The van der Waals surface area contributed by atoms with E-state index in [9.17, 15) is 10.2 Å². The first-order valence-corrected chi connectivity index (χ1v) is 5.82. The Kier molecular flexibility index (Phi) is 5.52. The molecule has 5 heteroatoms. The quantitative estimate of drug-likeness (QED) is 0.712. The zero-order chi connectivity index (χ0) is 12.1. The number of rotatable bonds is 5. The minimum Gasteiger partial charge on any atom is -0.392 e. The fraction of sp³-hybridized carbons (Fsp3) is 0.455. The lowest BCUT2D eigenvalue weighted by atomic mass is 9.98. The van der Waals surface area contributed by atoms with Crippen molar-refractivity contribution in [2.24, 2.45) is 0 Å². The number of hydrogen-bond donors (Lipinski definition) is 3. The largest absolute Gasteiger partial charge is 0.392 e. The molecular formula is C11H14Cl2O3. The fourth-order valence-electron chi connectivity index (χ4n) is 1.48. The summed E-state index contributed by atoms with van der Waals surface area (Å²) in [5.41, 5.74) is 0.984. The minimum absolute atomic E-state index is 0.236. The van der Waals surface area contributed by atoms with Gasteiger partial charge in [0.15, 0.2) is 0 Å². The van der Waals surface area contributed by atoms with Gasteiger partial charge in [0, 0.05) is 10.9 Å². The molecule has 1 aromatic rings. The molecule has 3 nitrogen and oxygen atoms in total. The highest BCUT2D eigenvalue weighted by Gasteiger charge is 2.20. The number of alkyl halides is 1. The van der Waals surface area contributed by atoms with E-state index in [4.69, 9.17) is 28.3 Å². The Morgan fingerprint density at radius 3 is 2.50 bits per heavy atom. The van der Waals surface area contributed by atoms with E-state index >= 15 is 0 Å². The van der Waals surface area contributed by atoms with E-state index in [0.717, 1.165) is 0 Å². The van der Waals surface area contributed by atoms with Gasteiger partial charge in [-0.05, 0) is 29.7 Å². The lowest BCUT2D eigenvalue weighted by molar-refractivity contribution is 0.0159. The van der Waals surface area contributed by atoms with E-state index in [2.05, 4.69) is 0 Å². The lowest BCUT2D eigenvalue weighted by Gasteiger charge is -2.19. The molecule has 0 spiro atoms. The Hall–Kier alpha value is -0.320. The van der Waals surface area contributed by atoms with Gasteiger partial charge in [-0.25, -0.2) is 0 Å². The Labute approximate surface area is 104 Å². The van der Waals surface area contributed by atoms with Gasteiger partial charge in [-0.3, -0.25) is 0 Å². The van der Waals surface area contributed by atoms with E-state index in [1.54, 1.807) is 18.2 Å². The molecule has 0 aliphatic heterocycles. The van der Waals surface area contributed by atoms with Crippen LogP contribution in [-0.2, 0) is 6.61 Å². The minimum atomic E-state index is -1.06. The molecular weight excluding hydrogens is 251 g/mol. The van der Waals surface area contributed by atoms with Gasteiger partial charge >= 0.3 is 0 Å². The fourth-order valence-corrected chi connectivity index (χ4v) is 1.89. The van der Waals surface area contributed by atoms with Crippen LogP contribution < -0.4 is 0 Å². The first-order chi connectivity index (χ1) is 7.60. The second kappa shape index (κ2) is 6.42. The SMILES string of the molecule is OCc1cc(Cl)ccc1C(O)C(O)CCCl. The molecule has 3 N–H and O–H groups in total. The zero-order valence-electron chi connectivity index (χ0n) is 8.61. The van der Waals surface area contributed by atoms with Crippen molar-refractivity contribution < 1.29 is 15.3 Å². The van der Waals surface area contributed by atoms with Crippen LogP contribution in [0.1, 0.15) is 23.7 Å². The second-order valence-corrected chi connectivity index (χ2v) is 4.31. The molecule has 16 heavy (non-hydrogen) atoms. The highest BCUT2D eigenvalue weighted by atomic mass is 35.5. The van der Waals surface area contributed by atoms with Crippen molar-refractivity contribution in [3.8, 4) is 0 Å². The van der Waals surface area contributed by atoms with Crippen molar-refractivity contribution in [3.05, 3.63) is 34.3 Å². The lowest BCUT2D eigenvalue weighted by Crippen LogP contribution is -2.20. The van der Waals surface area contributed by atoms with E-state index in [1.165, 1.54) is 0 Å². The van der Waals surface area contributed by atoms with E-state index in [1.807, 2.05) is 0 Å². The Morgan fingerprint density at radius 1 is 1.25 bits per heavy atom. The molecule has 0 saturated heterocycles. The molecule has 0 amide bonds. The first-order valence-electron chi connectivity index (χ1n) is 4.91. The van der Waals surface area contributed by atoms with Gasteiger partial charge in [-0.1, -0.05) is 17.7 Å². The molecule has 1 aromatic carbocycles. The van der Waals surface area contributed by atoms with E-state index in [-0.39, 0.29) is 18.9 Å². The standard InChI is InChI=1S/C11H14Cl2O3/c12-4-3-10(15)11(16)9-2-1-8(13)5-7(9)6-14/h1-2,5,10-11,14-16H,3-4,6H2. The van der Waals surface area contributed by atoms with Crippen LogP contribution in [0.5, 0.6) is 0 Å². The van der Waals surface area contributed by atoms with Crippen LogP contribution in [0.2, 0.25) is 5.02 Å². The van der Waals surface area contributed by atoms with Gasteiger partial charge < -0.3 is 15.3 Å². The number of aliphatic hydroxyl groups is 3. The van der Waals surface area contributed by atoms with Crippen LogP contribution in [0, 0.1) is 0 Å². The molecule has 90 valence electrons. The topological polar surface area (TPSA) is 60.7 Å². The molecule has 0 radical (unpaired) electrons. The Balaban J connectivity index is 2.93. The molecule has 2 unspecified atom stereocenters. The Morgan fingerprint density at radius 2 is 1.94 bits per heavy atom. The summed E-state index contributed by atoms with van der Waals surface area (Å²) in [7, 11) is 0. The summed E-state index contributed by atoms with van der Waals surface area (Å²) in [5, 5.41) is 29.1. The van der Waals surface area contributed by atoms with Crippen molar-refractivity contribution in [2.75, 3.05) is 5.88 Å². The predicted octanol–water partition coefficient (Wildman–Crippen LogP) is 1.86. The van der Waals surface area contributed by atoms with Crippen LogP contribution in [0.25, 0.3) is 0 Å². The second-order valence-electron chi connectivity index (χ2n) is 3.49. The third kappa shape index (κ3) is 3.34. The summed E-state index contributed by atoms with van der Waals surface area (Å²) in [4.78, 5) is 0. The normalized spacial score (nSPS) is 14.8. The van der Waals surface area contributed by atoms with Crippen LogP contribution in [0.4, 0.5) is 0 Å². The van der Waals surface area contributed by atoms with Gasteiger partial charge in [-0.15, -0.1) is 11.6 Å². The third-order valence-corrected chi connectivity index (χ3v) is 2.82. The van der Waals surface area contributed by atoms with Crippen LogP contribution in [-0.4, -0.2) is 27.3 Å². The zero-order valence-corrected chi connectivity index (χ0v) is 10.1. The molecule has 0 aliphatic carbocycles. The average Bonchev–Trinajstić information content (AvgIpc) is 2.28. The molecule has 0 fully saturated rings.